The Morgan fingerprint density at radius 2 is 2.00 bits per heavy atom. The van der Waals surface area contributed by atoms with Gasteiger partial charge in [-0.1, -0.05) is 0 Å². The second kappa shape index (κ2) is 15.7. The molecule has 0 radical (unpaired) electrons. The van der Waals surface area contributed by atoms with Crippen molar-refractivity contribution in [2.75, 3.05) is 6.61 Å². The normalized spacial score (nSPS) is 8.38. The van der Waals surface area contributed by atoms with Gasteiger partial charge in [0.15, 0.2) is 0 Å². The van der Waals surface area contributed by atoms with Gasteiger partial charge >= 0.3 is 48.9 Å². The van der Waals surface area contributed by atoms with E-state index in [1.807, 2.05) is 0 Å². The van der Waals surface area contributed by atoms with Crippen LogP contribution in [0.2, 0.25) is 11.8 Å². The van der Waals surface area contributed by atoms with Crippen molar-refractivity contribution in [3.63, 3.8) is 0 Å². The molecular formula is C3H9AlCl2OSi. The molecule has 0 aliphatic carbocycles. The first-order valence-electron chi connectivity index (χ1n) is 2.19. The van der Waals surface area contributed by atoms with E-state index in [0.29, 0.717) is 0 Å². The maximum Gasteiger partial charge on any atom is -1.00 e. The predicted molar refractivity (Wildman–Crippen MR) is 30.9 cm³/mol. The Bertz CT molecular complexity index is 29.2. The molecule has 0 saturated carbocycles. The Morgan fingerprint density at radius 3 is 2.12 bits per heavy atom. The van der Waals surface area contributed by atoms with Crippen LogP contribution in [0, 0.1) is 0 Å². The standard InChI is InChI=1S/C3H9OSi.Al.2ClH/c1-3-4-5-2;;;/h1,3,5H2,2H3;;2*1H/q;+2;;/p-2. The summed E-state index contributed by atoms with van der Waals surface area (Å²) in [5, 5.41) is 1.08. The first-order valence-corrected chi connectivity index (χ1v) is 5.00. The summed E-state index contributed by atoms with van der Waals surface area (Å²) in [6.45, 7) is 3.08. The average Bonchev–Trinajstić information content (AvgIpc) is 1.61. The third kappa shape index (κ3) is 15.7. The van der Waals surface area contributed by atoms with Gasteiger partial charge in [-0.2, -0.15) is 0 Å². The summed E-state index contributed by atoms with van der Waals surface area (Å²) in [6, 6.07) is 0. The second-order valence-corrected chi connectivity index (χ2v) is 2.55. The van der Waals surface area contributed by atoms with E-state index in [-0.39, 0.29) is 34.6 Å². The van der Waals surface area contributed by atoms with Gasteiger partial charge in [-0.3, -0.25) is 0 Å². The number of hydrogen-bond donors (Lipinski definition) is 0. The van der Waals surface area contributed by atoms with Crippen LogP contribution >= 0.6 is 0 Å². The van der Waals surface area contributed by atoms with Gasteiger partial charge in [-0.25, -0.2) is 0 Å². The Balaban J connectivity index is -0.000000125. The third-order valence-electron chi connectivity index (χ3n) is 0.466. The van der Waals surface area contributed by atoms with Crippen molar-refractivity contribution in [3.05, 3.63) is 0 Å². The fourth-order valence-corrected chi connectivity index (χ4v) is 1.18. The van der Waals surface area contributed by atoms with Crippen LogP contribution in [-0.2, 0) is 4.43 Å². The topological polar surface area (TPSA) is 9.23 Å². The minimum atomic E-state index is -0.110. The molecule has 1 nitrogen and oxygen atoms in total. The second-order valence-electron chi connectivity index (χ2n) is 0.986. The molecule has 0 bridgehead atoms. The minimum Gasteiger partial charge on any atom is -1.00 e. The molecule has 0 rings (SSSR count). The summed E-state index contributed by atoms with van der Waals surface area (Å²) in [5.74, 6) is 0. The molecule has 0 spiro atoms. The van der Waals surface area contributed by atoms with Gasteiger partial charge in [-0.15, -0.1) is 0 Å². The van der Waals surface area contributed by atoms with Crippen LogP contribution in [-0.4, -0.2) is 32.7 Å². The van der Waals surface area contributed by atoms with E-state index in [1.165, 1.54) is 0 Å². The maximum absolute atomic E-state index is 5.10. The molecule has 0 aromatic carbocycles. The van der Waals surface area contributed by atoms with E-state index >= 15 is 0 Å². The largest absolute Gasteiger partial charge is 1.00 e. The molecule has 0 atom stereocenters. The number of hydrogen-bond acceptors (Lipinski definition) is 1. The Hall–Kier alpha value is 1.29. The van der Waals surface area contributed by atoms with Crippen LogP contribution < -0.4 is 24.8 Å². The fraction of sp³-hybridized carbons (Fsp3) is 1.00. The molecular weight excluding hydrogens is 178 g/mol. The van der Waals surface area contributed by atoms with Gasteiger partial charge in [0.25, 0.3) is 0 Å². The average molecular weight is 187 g/mol. The van der Waals surface area contributed by atoms with Crippen molar-refractivity contribution < 1.29 is 29.2 Å². The van der Waals surface area contributed by atoms with E-state index in [0.717, 1.165) is 11.9 Å². The van der Waals surface area contributed by atoms with Crippen LogP contribution in [0.5, 0.6) is 0 Å². The van der Waals surface area contributed by atoms with Crippen molar-refractivity contribution in [1.82, 2.24) is 0 Å². The van der Waals surface area contributed by atoms with Crippen LogP contribution in [0.3, 0.4) is 0 Å². The molecule has 0 unspecified atom stereocenters. The van der Waals surface area contributed by atoms with Crippen LogP contribution in [0.1, 0.15) is 0 Å². The summed E-state index contributed by atoms with van der Waals surface area (Å²) in [4.78, 5) is 0. The van der Waals surface area contributed by atoms with Gasteiger partial charge in [-0.05, 0) is 0 Å². The Kier molecular flexibility index (Phi) is 31.8. The summed E-state index contributed by atoms with van der Waals surface area (Å²) >= 11 is 2.63. The van der Waals surface area contributed by atoms with Gasteiger partial charge in [0.2, 0.25) is 0 Å². The summed E-state index contributed by atoms with van der Waals surface area (Å²) in [7, 11) is -0.110. The van der Waals surface area contributed by atoms with Crippen molar-refractivity contribution >= 4 is 26.1 Å². The first-order chi connectivity index (χ1) is 2.91. The van der Waals surface area contributed by atoms with Crippen molar-refractivity contribution in [2.45, 2.75) is 11.8 Å². The minimum absolute atomic E-state index is 0. The van der Waals surface area contributed by atoms with E-state index in [1.54, 1.807) is 0 Å². The molecule has 5 heteroatoms. The monoisotopic (exact) mass is 186 g/mol. The molecule has 48 valence electrons. The SMILES string of the molecule is C[SiH2]OC[CH2][Al+2].[Cl-].[Cl-]. The predicted octanol–water partition coefficient (Wildman–Crippen LogP) is -6.27. The number of halogens is 2. The first kappa shape index (κ1) is 16.1. The van der Waals surface area contributed by atoms with Crippen LogP contribution in [0.25, 0.3) is 0 Å². The molecule has 0 heterocycles. The number of rotatable bonds is 3. The molecule has 0 aliphatic rings. The molecule has 0 aromatic heterocycles. The van der Waals surface area contributed by atoms with E-state index in [4.69, 9.17) is 4.43 Å². The van der Waals surface area contributed by atoms with E-state index in [9.17, 15) is 0 Å². The molecule has 0 aromatic rings. The zero-order valence-corrected chi connectivity index (χ0v) is 8.94. The Morgan fingerprint density at radius 1 is 1.50 bits per heavy atom. The zero-order chi connectivity index (χ0) is 4.83. The fourth-order valence-electron chi connectivity index (χ4n) is 0.228. The molecule has 0 fully saturated rings. The van der Waals surface area contributed by atoms with E-state index < -0.39 is 0 Å². The van der Waals surface area contributed by atoms with Gasteiger partial charge in [0, 0.05) is 0 Å². The molecule has 8 heavy (non-hydrogen) atoms. The Labute approximate surface area is 73.7 Å². The van der Waals surface area contributed by atoms with Gasteiger partial charge in [0.05, 0.1) is 0 Å². The maximum atomic E-state index is 5.10. The van der Waals surface area contributed by atoms with Crippen LogP contribution in [0.4, 0.5) is 0 Å². The zero-order valence-electron chi connectivity index (χ0n) is 4.86. The third-order valence-corrected chi connectivity index (χ3v) is 1.40. The summed E-state index contributed by atoms with van der Waals surface area (Å²) in [5.41, 5.74) is 0. The van der Waals surface area contributed by atoms with Gasteiger partial charge in [0.1, 0.15) is 0 Å². The molecule has 0 aliphatic heterocycles. The van der Waals surface area contributed by atoms with Crippen molar-refractivity contribution in [1.29, 1.82) is 0 Å². The van der Waals surface area contributed by atoms with E-state index in [2.05, 4.69) is 22.8 Å². The summed E-state index contributed by atoms with van der Waals surface area (Å²) in [6.07, 6.45) is 0. The van der Waals surface area contributed by atoms with Gasteiger partial charge < -0.3 is 24.8 Å². The molecule has 0 N–H and O–H groups in total. The molecule has 0 saturated heterocycles. The van der Waals surface area contributed by atoms with Crippen LogP contribution in [0.15, 0.2) is 0 Å². The summed E-state index contributed by atoms with van der Waals surface area (Å²) < 4.78 is 5.10. The van der Waals surface area contributed by atoms with Crippen molar-refractivity contribution in [3.8, 4) is 0 Å². The smallest absolute Gasteiger partial charge is 1.00 e. The quantitative estimate of drug-likeness (QED) is 0.315. The van der Waals surface area contributed by atoms with Crippen molar-refractivity contribution in [2.24, 2.45) is 0 Å². The molecule has 0 amide bonds.